The maximum absolute atomic E-state index is 15.0. The lowest BCUT2D eigenvalue weighted by atomic mass is 9.85. The van der Waals surface area contributed by atoms with E-state index in [0.29, 0.717) is 116 Å². The Labute approximate surface area is 819 Å². The molecule has 2 aliphatic carbocycles. The fraction of sp³-hybridized carbons (Fsp3) is 0.320. The number of aliphatic hydroxyl groups is 6. The number of halogens is 12. The first kappa shape index (κ1) is 105. The third kappa shape index (κ3) is 27.1. The lowest BCUT2D eigenvalue weighted by Crippen LogP contribution is -2.31. The molecule has 0 spiro atoms. The van der Waals surface area contributed by atoms with E-state index in [9.17, 15) is 84.9 Å². The number of rotatable bonds is 26. The quantitative estimate of drug-likeness (QED) is 0.0177. The minimum atomic E-state index is -1.07. The molecule has 736 valence electrons. The van der Waals surface area contributed by atoms with Crippen molar-refractivity contribution in [3.63, 3.8) is 0 Å². The van der Waals surface area contributed by atoms with Crippen molar-refractivity contribution in [1.29, 1.82) is 0 Å². The number of nitrogens with one attached hydrogen (secondary N) is 4. The molecule has 6 heterocycles. The Hall–Kier alpha value is -12.7. The summed E-state index contributed by atoms with van der Waals surface area (Å²) in [6.07, 6.45) is 14.8. The number of nitrogens with zero attached hydrogens (tertiary/aromatic N) is 8. The number of benzene rings is 8. The standard InChI is InChI=1S/2C26H27F3N4O3.C24H23BrF2N4O3.C24H23F2IN4O3/c2*27-11-14-7-17(9-18(28)8-14)23(13-34)33-26(36)20-6-3-16(10-21(20)29)24-25(30)31-12-22(32-24)15-1-4-19(35)5-2-15;25-16-7-15(8-17(26)10-16)21(12-32)31-24(33)18-2-1-14(9-19(18)27)22-23(28)29-11-20(30-22)13-3-5-34-6-4-13;25-16-7-15(8-17(27)10-16)21(12-32)31-24(33)18-2-1-14(9-19(18)26)22-23(28)29-11-20(30-22)13-3-5-34-6-4-13/h2*3,6-10,12,15,19,23,34-35H,1-2,4-5,11,13H2,(H2,30,31)(H,33,36);2*1-2,7-11,13,21,32H,3-6,12H2,(H2,28,29)(H,31,33)/t2*15?,19?,23-;2*21-/m1111/s1. The van der Waals surface area contributed by atoms with E-state index in [1.165, 1.54) is 84.9 Å². The average molecular weight is 2110 g/mol. The van der Waals surface area contributed by atoms with E-state index in [1.807, 2.05) is 22.6 Å². The van der Waals surface area contributed by atoms with Gasteiger partial charge in [-0.25, -0.2) is 83.8 Å². The highest BCUT2D eigenvalue weighted by Gasteiger charge is 2.31. The van der Waals surface area contributed by atoms with E-state index in [4.69, 9.17) is 32.4 Å². The Morgan fingerprint density at radius 2 is 0.614 bits per heavy atom. The number of aliphatic hydroxyl groups excluding tert-OH is 6. The summed E-state index contributed by atoms with van der Waals surface area (Å²) >= 11 is 5.12. The van der Waals surface area contributed by atoms with Gasteiger partial charge in [0.1, 0.15) is 106 Å². The summed E-state index contributed by atoms with van der Waals surface area (Å²) in [6, 6.07) is 26.9. The van der Waals surface area contributed by atoms with Crippen molar-refractivity contribution in [3.8, 4) is 45.0 Å². The molecular weight excluding hydrogens is 2010 g/mol. The van der Waals surface area contributed by atoms with Gasteiger partial charge in [-0.2, -0.15) is 0 Å². The van der Waals surface area contributed by atoms with Crippen LogP contribution in [0, 0.1) is 50.1 Å². The summed E-state index contributed by atoms with van der Waals surface area (Å²) in [5.74, 6) is -7.72. The van der Waals surface area contributed by atoms with Crippen molar-refractivity contribution in [2.45, 2.75) is 150 Å². The fourth-order valence-corrected chi connectivity index (χ4v) is 17.9. The van der Waals surface area contributed by atoms with Crippen molar-refractivity contribution in [2.75, 3.05) is 75.8 Å². The number of amides is 4. The largest absolute Gasteiger partial charge is 0.394 e. The number of nitrogens with two attached hydrogens (primary N) is 4. The Balaban J connectivity index is 0.000000157. The number of carbonyl (C=O) groups excluding carboxylic acids is 4. The Morgan fingerprint density at radius 3 is 0.871 bits per heavy atom. The molecule has 4 fully saturated rings. The van der Waals surface area contributed by atoms with Crippen LogP contribution in [0.25, 0.3) is 45.0 Å². The van der Waals surface area contributed by atoms with Gasteiger partial charge in [-0.3, -0.25) is 19.2 Å². The molecule has 4 amide bonds. The summed E-state index contributed by atoms with van der Waals surface area (Å²) in [4.78, 5) is 86.2. The zero-order chi connectivity index (χ0) is 100. The molecule has 4 aliphatic rings. The number of hydrogen-bond donors (Lipinski definition) is 14. The SMILES string of the molecule is Nc1ncc(C2CCC(O)CC2)nc1-c1ccc(C(=O)N[C@H](CO)c2cc(F)cc(CF)c2)c(F)c1.Nc1ncc(C2CCC(O)CC2)nc1-c1ccc(C(=O)N[C@H](CO)c2cc(F)cc(CF)c2)c(F)c1.Nc1ncc(C2CCOCC2)nc1-c1ccc(C(=O)N[C@H](CO)c2cc(F)cc(Br)c2)c(F)c1.Nc1ncc(C2CCOCC2)nc1-c1ccc(C(=O)N[C@H](CO)c2cc(F)cc(I)c2)c(F)c1. The molecule has 2 aliphatic heterocycles. The van der Waals surface area contributed by atoms with Crippen LogP contribution in [0.2, 0.25) is 0 Å². The van der Waals surface area contributed by atoms with Gasteiger partial charge in [0.25, 0.3) is 23.6 Å². The van der Waals surface area contributed by atoms with Crippen molar-refractivity contribution < 1.29 is 103 Å². The predicted octanol–water partition coefficient (Wildman–Crippen LogP) is 16.0. The molecule has 4 aromatic heterocycles. The van der Waals surface area contributed by atoms with Gasteiger partial charge in [0.05, 0.1) is 133 Å². The van der Waals surface area contributed by atoms with Crippen LogP contribution in [0.5, 0.6) is 0 Å². The molecule has 4 atom stereocenters. The van der Waals surface area contributed by atoms with E-state index in [0.717, 1.165) is 99.2 Å². The first-order valence-electron chi connectivity index (χ1n) is 44.8. The van der Waals surface area contributed by atoms with Crippen molar-refractivity contribution in [3.05, 3.63) is 303 Å². The highest BCUT2D eigenvalue weighted by Crippen LogP contribution is 2.40. The Morgan fingerprint density at radius 1 is 0.357 bits per heavy atom. The number of carbonyl (C=O) groups is 4. The number of ether oxygens (including phenoxy) is 2. The highest BCUT2D eigenvalue weighted by molar-refractivity contribution is 14.1. The number of alkyl halides is 2. The van der Waals surface area contributed by atoms with E-state index < -0.39 is 134 Å². The molecular formula is C100H100BrF10IN16O12. The molecule has 40 heteroatoms. The van der Waals surface area contributed by atoms with E-state index in [2.05, 4.69) is 77.1 Å². The molecule has 140 heavy (non-hydrogen) atoms. The predicted molar refractivity (Wildman–Crippen MR) is 512 cm³/mol. The summed E-state index contributed by atoms with van der Waals surface area (Å²) < 4.78 is 153. The monoisotopic (exact) mass is 2110 g/mol. The van der Waals surface area contributed by atoms with Gasteiger partial charge in [0, 0.05) is 80.4 Å². The summed E-state index contributed by atoms with van der Waals surface area (Å²) in [7, 11) is 0. The second-order valence-corrected chi connectivity index (χ2v) is 36.1. The zero-order valence-corrected chi connectivity index (χ0v) is 78.8. The first-order valence-corrected chi connectivity index (χ1v) is 46.7. The maximum Gasteiger partial charge on any atom is 0.254 e. The van der Waals surface area contributed by atoms with Gasteiger partial charge < -0.3 is 84.3 Å². The Kier molecular flexibility index (Phi) is 36.6. The lowest BCUT2D eigenvalue weighted by molar-refractivity contribution is 0.0843. The molecule has 0 radical (unpaired) electrons. The van der Waals surface area contributed by atoms with Crippen LogP contribution in [-0.4, -0.2) is 159 Å². The first-order chi connectivity index (χ1) is 67.3. The van der Waals surface area contributed by atoms with Gasteiger partial charge in [0.15, 0.2) is 0 Å². The number of anilines is 4. The lowest BCUT2D eigenvalue weighted by Gasteiger charge is -2.25. The van der Waals surface area contributed by atoms with Crippen LogP contribution in [-0.2, 0) is 22.8 Å². The van der Waals surface area contributed by atoms with Gasteiger partial charge in [0.2, 0.25) is 0 Å². The average Bonchev–Trinajstić information content (AvgIpc) is 0.805. The van der Waals surface area contributed by atoms with Crippen molar-refractivity contribution in [2.24, 2.45) is 0 Å². The molecule has 0 bridgehead atoms. The molecule has 8 aromatic carbocycles. The molecule has 2 saturated carbocycles. The zero-order valence-electron chi connectivity index (χ0n) is 75.1. The topological polar surface area (TPSA) is 463 Å². The highest BCUT2D eigenvalue weighted by atomic mass is 127. The van der Waals surface area contributed by atoms with Crippen molar-refractivity contribution >= 4 is 85.4 Å². The van der Waals surface area contributed by atoms with Crippen LogP contribution in [0.15, 0.2) is 175 Å². The molecule has 0 unspecified atom stereocenters. The van der Waals surface area contributed by atoms with Crippen LogP contribution in [0.1, 0.15) is 222 Å². The minimum Gasteiger partial charge on any atom is -0.394 e. The van der Waals surface area contributed by atoms with E-state index >= 15 is 8.78 Å². The van der Waals surface area contributed by atoms with E-state index in [1.54, 1.807) is 49.1 Å². The van der Waals surface area contributed by atoms with Crippen molar-refractivity contribution in [1.82, 2.24) is 61.1 Å². The normalized spacial score (nSPS) is 16.9. The van der Waals surface area contributed by atoms with Crippen LogP contribution >= 0.6 is 38.5 Å². The van der Waals surface area contributed by atoms with Crippen LogP contribution in [0.3, 0.4) is 0 Å². The summed E-state index contributed by atoms with van der Waals surface area (Å²) in [5, 5.41) is 68.3. The van der Waals surface area contributed by atoms with Gasteiger partial charge in [-0.1, -0.05) is 52.3 Å². The number of hydrogen-bond acceptors (Lipinski definition) is 24. The molecule has 12 aromatic rings. The smallest absolute Gasteiger partial charge is 0.254 e. The van der Waals surface area contributed by atoms with Crippen LogP contribution < -0.4 is 44.2 Å². The maximum atomic E-state index is 15.0. The molecule has 28 nitrogen and oxygen atoms in total. The molecule has 18 N–H and O–H groups in total. The fourth-order valence-electron chi connectivity index (χ4n) is 16.7. The summed E-state index contributed by atoms with van der Waals surface area (Å²) in [5.41, 5.74) is 29.8. The van der Waals surface area contributed by atoms with Crippen LogP contribution in [0.4, 0.5) is 67.2 Å². The van der Waals surface area contributed by atoms with E-state index in [-0.39, 0.29) is 115 Å². The third-order valence-electron chi connectivity index (χ3n) is 24.3. The third-order valence-corrected chi connectivity index (χ3v) is 25.4. The number of aromatic nitrogens is 8. The van der Waals surface area contributed by atoms with Gasteiger partial charge >= 0.3 is 0 Å². The molecule has 2 saturated heterocycles. The summed E-state index contributed by atoms with van der Waals surface area (Å²) in [6.45, 7) is -1.41. The number of nitrogen functional groups attached to an aromatic ring is 4. The second-order valence-electron chi connectivity index (χ2n) is 34.0. The van der Waals surface area contributed by atoms with Gasteiger partial charge in [-0.15, -0.1) is 0 Å². The Bertz CT molecular complexity index is 6010. The minimum absolute atomic E-state index is 0.0542. The second kappa shape index (κ2) is 49.0. The molecule has 16 rings (SSSR count). The van der Waals surface area contributed by atoms with Gasteiger partial charge in [-0.05, 0) is 242 Å².